The number of rotatable bonds is 3. The van der Waals surface area contributed by atoms with Crippen molar-refractivity contribution < 1.29 is 4.79 Å². The third kappa shape index (κ3) is 3.52. The smallest absolute Gasteiger partial charge is 0.266 e. The molecule has 8 nitrogen and oxygen atoms in total. The highest BCUT2D eigenvalue weighted by Gasteiger charge is 2.19. The van der Waals surface area contributed by atoms with Crippen LogP contribution in [-0.4, -0.2) is 14.9 Å². The molecular weight excluding hydrogens is 540 g/mol. The Labute approximate surface area is 233 Å². The zero-order valence-corrected chi connectivity index (χ0v) is 22.5. The lowest BCUT2D eigenvalue weighted by Crippen LogP contribution is -2.23. The van der Waals surface area contributed by atoms with Gasteiger partial charge in [-0.3, -0.25) is 33.3 Å². The average molecular weight is 559 g/mol. The summed E-state index contributed by atoms with van der Waals surface area (Å²) in [6.07, 6.45) is 0. The highest BCUT2D eigenvalue weighted by atomic mass is 32.1. The van der Waals surface area contributed by atoms with Crippen molar-refractivity contribution in [3.8, 4) is 5.69 Å². The molecule has 0 N–H and O–H groups in total. The molecule has 0 bridgehead atoms. The minimum atomic E-state index is -0.578. The van der Waals surface area contributed by atoms with Gasteiger partial charge in [0, 0.05) is 38.3 Å². The van der Waals surface area contributed by atoms with Crippen LogP contribution in [-0.2, 0) is 7.05 Å². The molecule has 0 aliphatic rings. The lowest BCUT2D eigenvalue weighted by Gasteiger charge is -2.04. The van der Waals surface area contributed by atoms with Gasteiger partial charge in [-0.15, -0.1) is 11.3 Å². The number of nitrogens with zero attached hydrogens (tertiary/aromatic N) is 2. The number of carbonyl (C=O) groups is 1. The molecule has 41 heavy (non-hydrogen) atoms. The van der Waals surface area contributed by atoms with Crippen LogP contribution in [0.5, 0.6) is 0 Å². The fraction of sp³-hybridized carbons (Fsp3) is 0.0625. The predicted molar refractivity (Wildman–Crippen MR) is 161 cm³/mol. The van der Waals surface area contributed by atoms with E-state index in [4.69, 9.17) is 0 Å². The third-order valence-corrected chi connectivity index (χ3v) is 8.70. The van der Waals surface area contributed by atoms with Crippen LogP contribution in [0.1, 0.15) is 21.5 Å². The van der Waals surface area contributed by atoms with Gasteiger partial charge < -0.3 is 0 Å². The van der Waals surface area contributed by atoms with Gasteiger partial charge >= 0.3 is 0 Å². The first-order valence-electron chi connectivity index (χ1n) is 12.7. The van der Waals surface area contributed by atoms with Crippen molar-refractivity contribution in [2.24, 2.45) is 7.05 Å². The van der Waals surface area contributed by atoms with Crippen molar-refractivity contribution in [2.45, 2.75) is 6.92 Å². The first-order chi connectivity index (χ1) is 19.6. The summed E-state index contributed by atoms with van der Waals surface area (Å²) in [5.74, 6) is -0.178. The molecule has 0 fully saturated rings. The second-order valence-electron chi connectivity index (χ2n) is 10.1. The van der Waals surface area contributed by atoms with E-state index in [0.717, 1.165) is 14.7 Å². The topological polar surface area (TPSA) is 112 Å². The van der Waals surface area contributed by atoms with Crippen molar-refractivity contribution in [2.75, 3.05) is 0 Å². The number of aromatic nitrogens is 2. The molecule has 0 saturated carbocycles. The normalized spacial score (nSPS) is 11.8. The molecule has 9 heteroatoms. The van der Waals surface area contributed by atoms with Crippen molar-refractivity contribution in [1.29, 1.82) is 0 Å². The number of hydrogen-bond acceptors (Lipinski definition) is 7. The van der Waals surface area contributed by atoms with Crippen LogP contribution in [0.25, 0.3) is 47.4 Å². The fourth-order valence-corrected chi connectivity index (χ4v) is 6.42. The first-order valence-corrected chi connectivity index (χ1v) is 13.5. The molecular formula is C32H18N2O6S. The zero-order chi connectivity index (χ0) is 28.7. The second kappa shape index (κ2) is 8.61. The quantitative estimate of drug-likeness (QED) is 0.242. The lowest BCUT2D eigenvalue weighted by atomic mass is 10.0. The Morgan fingerprint density at radius 2 is 1.02 bits per heavy atom. The number of hydrogen-bond donors (Lipinski definition) is 0. The Kier molecular flexibility index (Phi) is 5.19. The number of ketones is 1. The van der Waals surface area contributed by atoms with E-state index in [-0.39, 0.29) is 38.1 Å². The maximum absolute atomic E-state index is 13.5. The van der Waals surface area contributed by atoms with E-state index in [9.17, 15) is 28.8 Å². The number of carbonyl (C=O) groups excluding carboxylic acids is 1. The van der Waals surface area contributed by atoms with E-state index in [2.05, 4.69) is 0 Å². The lowest BCUT2D eigenvalue weighted by molar-refractivity contribution is 0.103. The minimum Gasteiger partial charge on any atom is -0.289 e. The number of aryl methyl sites for hydroxylation is 1. The van der Waals surface area contributed by atoms with Crippen molar-refractivity contribution in [3.63, 3.8) is 0 Å². The van der Waals surface area contributed by atoms with E-state index in [1.807, 2.05) is 19.1 Å². The van der Waals surface area contributed by atoms with Gasteiger partial charge in [-0.25, -0.2) is 4.57 Å². The van der Waals surface area contributed by atoms with Crippen molar-refractivity contribution in [3.05, 3.63) is 141 Å². The van der Waals surface area contributed by atoms with Crippen LogP contribution in [0, 0.1) is 6.92 Å². The summed E-state index contributed by atoms with van der Waals surface area (Å²) >= 11 is 1.20. The summed E-state index contributed by atoms with van der Waals surface area (Å²) in [4.78, 5) is 78.1. The molecule has 0 aliphatic carbocycles. The maximum atomic E-state index is 13.5. The highest BCUT2D eigenvalue weighted by Crippen LogP contribution is 2.29. The maximum Gasteiger partial charge on any atom is 0.266 e. The van der Waals surface area contributed by atoms with E-state index in [1.54, 1.807) is 36.4 Å². The standard InChI is InChI=1S/C32H18N2O6S/c1-15-3-5-16(6-4-15)27(35)17-7-9-18(10-8-17)34-31(39)20-12-24-26(14-22(20)32(34)40)41-25-13-21-19(11-23(25)28(24)36)29(37)33(2)30(21)38/h3-14H,1-2H3. The van der Waals surface area contributed by atoms with Gasteiger partial charge in [0.25, 0.3) is 22.2 Å². The zero-order valence-electron chi connectivity index (χ0n) is 21.7. The Balaban J connectivity index is 1.39. The third-order valence-electron chi connectivity index (χ3n) is 7.59. The summed E-state index contributed by atoms with van der Waals surface area (Å²) in [5, 5.41) is 1.15. The Bertz CT molecular complexity index is 2540. The van der Waals surface area contributed by atoms with Gasteiger partial charge in [-0.05, 0) is 55.5 Å². The molecule has 7 rings (SSSR count). The summed E-state index contributed by atoms with van der Waals surface area (Å²) in [6, 6.07) is 19.3. The van der Waals surface area contributed by atoms with Crippen LogP contribution in [0.3, 0.4) is 0 Å². The summed E-state index contributed by atoms with van der Waals surface area (Å²) in [7, 11) is 1.39. The van der Waals surface area contributed by atoms with Gasteiger partial charge in [0.2, 0.25) is 0 Å². The Morgan fingerprint density at radius 1 is 0.585 bits per heavy atom. The second-order valence-corrected chi connectivity index (χ2v) is 11.2. The number of benzene rings is 4. The molecule has 7 aromatic rings. The monoisotopic (exact) mass is 558 g/mol. The van der Waals surface area contributed by atoms with Crippen LogP contribution in [0.15, 0.2) is 96.8 Å². The number of fused-ring (bicyclic) bond motifs is 4. The molecule has 4 aromatic carbocycles. The molecule has 0 aliphatic heterocycles. The summed E-state index contributed by atoms with van der Waals surface area (Å²) < 4.78 is 3.01. The molecule has 0 unspecified atom stereocenters. The van der Waals surface area contributed by atoms with Crippen LogP contribution in [0.4, 0.5) is 0 Å². The molecule has 0 amide bonds. The fourth-order valence-electron chi connectivity index (χ4n) is 5.31. The summed E-state index contributed by atoms with van der Waals surface area (Å²) in [6.45, 7) is 1.93. The van der Waals surface area contributed by atoms with Crippen LogP contribution >= 0.6 is 11.3 Å². The first kappa shape index (κ1) is 24.7. The van der Waals surface area contributed by atoms with Crippen molar-refractivity contribution in [1.82, 2.24) is 9.13 Å². The van der Waals surface area contributed by atoms with Gasteiger partial charge in [0.1, 0.15) is 0 Å². The van der Waals surface area contributed by atoms with E-state index < -0.39 is 27.7 Å². The predicted octanol–water partition coefficient (Wildman–Crippen LogP) is 3.71. The molecule has 3 aromatic heterocycles. The molecule has 0 radical (unpaired) electrons. The van der Waals surface area contributed by atoms with Crippen LogP contribution in [0.2, 0.25) is 0 Å². The van der Waals surface area contributed by atoms with Crippen LogP contribution < -0.4 is 27.7 Å². The summed E-state index contributed by atoms with van der Waals surface area (Å²) in [5.41, 5.74) is -0.151. The van der Waals surface area contributed by atoms with E-state index in [1.165, 1.54) is 42.6 Å². The molecule has 0 saturated heterocycles. The minimum absolute atomic E-state index is 0.0955. The molecule has 0 atom stereocenters. The van der Waals surface area contributed by atoms with Gasteiger partial charge in [-0.1, -0.05) is 29.8 Å². The Morgan fingerprint density at radius 3 is 1.56 bits per heavy atom. The van der Waals surface area contributed by atoms with Gasteiger partial charge in [-0.2, -0.15) is 0 Å². The Hall–Kier alpha value is -5.28. The largest absolute Gasteiger partial charge is 0.289 e. The molecule has 198 valence electrons. The average Bonchev–Trinajstić information content (AvgIpc) is 3.34. The van der Waals surface area contributed by atoms with E-state index >= 15 is 0 Å². The van der Waals surface area contributed by atoms with Gasteiger partial charge in [0.05, 0.1) is 27.2 Å². The SMILES string of the molecule is Cc1ccc(C(=O)c2ccc(-n3c(=O)c4cc5sc6cc7c(=O)n(C)c(=O)c7cc6c(=O)c5cc4c3=O)cc2)cc1. The van der Waals surface area contributed by atoms with E-state index in [0.29, 0.717) is 26.2 Å². The van der Waals surface area contributed by atoms with Gasteiger partial charge in [0.15, 0.2) is 11.2 Å². The molecule has 0 spiro atoms. The van der Waals surface area contributed by atoms with Crippen molar-refractivity contribution >= 4 is 58.8 Å². The molecule has 3 heterocycles. The highest BCUT2D eigenvalue weighted by molar-refractivity contribution is 7.24.